The molecule has 0 radical (unpaired) electrons. The zero-order valence-corrected chi connectivity index (χ0v) is 4.44. The highest BCUT2D eigenvalue weighted by molar-refractivity contribution is 4.10. The Morgan fingerprint density at radius 2 is 1.83 bits per heavy atom. The molecule has 0 heterocycles. The van der Waals surface area contributed by atoms with Gasteiger partial charge in [0.25, 0.3) is 0 Å². The van der Waals surface area contributed by atoms with E-state index in [4.69, 9.17) is 5.11 Å². The van der Waals surface area contributed by atoms with E-state index in [9.17, 15) is 0 Å². The van der Waals surface area contributed by atoms with Gasteiger partial charge in [0.2, 0.25) is 0 Å². The second-order valence-electron chi connectivity index (χ2n) is 0.724. The number of aliphatic hydroxyl groups is 1. The average Bonchev–Trinajstić information content (AvgIpc) is 1.72. The van der Waals surface area contributed by atoms with Gasteiger partial charge in [-0.25, -0.2) is 0 Å². The summed E-state index contributed by atoms with van der Waals surface area (Å²) in [6, 6.07) is 0. The molecule has 0 aliphatic carbocycles. The van der Waals surface area contributed by atoms with Crippen molar-refractivity contribution in [3.05, 3.63) is 0 Å². The lowest BCUT2D eigenvalue weighted by atomic mass is 10.5. The number of aliphatic hydroxyl groups excluding tert-OH is 1. The number of hydrogen-bond donors (Lipinski definition) is 2. The number of hydrogen-bond acceptors (Lipinski definition) is 2. The van der Waals surface area contributed by atoms with Crippen LogP contribution in [0.15, 0.2) is 0 Å². The molecular formula is C4H15NO. The van der Waals surface area contributed by atoms with Crippen LogP contribution in [0.25, 0.3) is 0 Å². The minimum atomic E-state index is 0. The molecule has 0 atom stereocenters. The first-order valence-electron chi connectivity index (χ1n) is 2.10. The van der Waals surface area contributed by atoms with E-state index in [2.05, 4.69) is 5.73 Å². The molecule has 0 amide bonds. The molecule has 0 rings (SSSR count). The summed E-state index contributed by atoms with van der Waals surface area (Å²) < 4.78 is 0. The van der Waals surface area contributed by atoms with Gasteiger partial charge in [0.15, 0.2) is 0 Å². The van der Waals surface area contributed by atoms with Crippen LogP contribution in [0.5, 0.6) is 0 Å². The summed E-state index contributed by atoms with van der Waals surface area (Å²) in [7, 11) is 1.50. The smallest absolute Gasteiger partial charge is 0.0428 e. The summed E-state index contributed by atoms with van der Waals surface area (Å²) >= 11 is 0. The Morgan fingerprint density at radius 3 is 1.83 bits per heavy atom. The van der Waals surface area contributed by atoms with Crippen molar-refractivity contribution >= 4 is 0 Å². The monoisotopic (exact) mass is 93.1 g/mol. The molecule has 0 aromatic carbocycles. The van der Waals surface area contributed by atoms with Gasteiger partial charge in [-0.15, -0.1) is 0 Å². The van der Waals surface area contributed by atoms with Gasteiger partial charge in [0, 0.05) is 8.03 Å². The van der Waals surface area contributed by atoms with Crippen molar-refractivity contribution in [1.29, 1.82) is 0 Å². The van der Waals surface area contributed by atoms with Crippen LogP contribution in [0.3, 0.4) is 0 Å². The Balaban J connectivity index is -0.0000000480. The summed E-state index contributed by atoms with van der Waals surface area (Å²) in [5, 5.41) is 7.88. The fourth-order valence-electron chi connectivity index (χ4n) is 0. The molecule has 0 saturated heterocycles. The van der Waals surface area contributed by atoms with Gasteiger partial charge in [-0.3, -0.25) is 0 Å². The lowest BCUT2D eigenvalue weighted by Gasteiger charge is -1.69. The van der Waals surface area contributed by atoms with Crippen molar-refractivity contribution in [2.24, 2.45) is 5.73 Å². The Hall–Kier alpha value is -0.0800. The number of nitrogens with two attached hydrogens (primary N) is 1. The van der Waals surface area contributed by atoms with Crippen LogP contribution in [0.2, 0.25) is 0 Å². The molecule has 0 fully saturated rings. The van der Waals surface area contributed by atoms with Gasteiger partial charge in [0.05, 0.1) is 0 Å². The highest BCUT2D eigenvalue weighted by Gasteiger charge is 1.57. The Morgan fingerprint density at radius 1 is 1.67 bits per heavy atom. The normalized spacial score (nSPS) is 6.00. The van der Waals surface area contributed by atoms with Crippen molar-refractivity contribution < 1.29 is 6.53 Å². The van der Waals surface area contributed by atoms with Gasteiger partial charge in [0.1, 0.15) is 0 Å². The van der Waals surface area contributed by atoms with Crippen molar-refractivity contribution in [2.75, 3.05) is 13.7 Å². The molecule has 0 bridgehead atoms. The zero-order valence-electron chi connectivity index (χ0n) is 4.44. The van der Waals surface area contributed by atoms with Gasteiger partial charge >= 0.3 is 0 Å². The Labute approximate surface area is 40.5 Å². The Kier molecular flexibility index (Phi) is 31.9. The van der Waals surface area contributed by atoms with E-state index in [1.807, 2.05) is 6.92 Å². The lowest BCUT2D eigenvalue weighted by Crippen LogP contribution is -1.69. The largest absolute Gasteiger partial charge is 0.396 e. The third-order valence-electron chi connectivity index (χ3n) is 0.224. The molecule has 0 unspecified atom stereocenters. The molecule has 42 valence electrons. The van der Waals surface area contributed by atoms with Crippen molar-refractivity contribution in [3.63, 3.8) is 0 Å². The molecule has 0 spiro atoms. The van der Waals surface area contributed by atoms with Gasteiger partial charge < -0.3 is 10.8 Å². The van der Waals surface area contributed by atoms with Gasteiger partial charge in [-0.2, -0.15) is 0 Å². The highest BCUT2D eigenvalue weighted by Crippen LogP contribution is 1.61. The molecule has 2 nitrogen and oxygen atoms in total. The lowest BCUT2D eigenvalue weighted by molar-refractivity contribution is 0.295. The van der Waals surface area contributed by atoms with E-state index in [-0.39, 0.29) is 1.43 Å². The summed E-state index contributed by atoms with van der Waals surface area (Å²) in [6.45, 7) is 2.25. The molecular weight excluding hydrogens is 78.1 g/mol. The summed E-state index contributed by atoms with van der Waals surface area (Å²) in [5.41, 5.74) is 4.50. The second kappa shape index (κ2) is 20.5. The van der Waals surface area contributed by atoms with E-state index in [1.165, 1.54) is 7.05 Å². The summed E-state index contributed by atoms with van der Waals surface area (Å²) in [6.07, 6.45) is 0.875. The third kappa shape index (κ3) is 39.5. The van der Waals surface area contributed by atoms with E-state index >= 15 is 0 Å². The third-order valence-corrected chi connectivity index (χ3v) is 0.224. The quantitative estimate of drug-likeness (QED) is 0.487. The minimum absolute atomic E-state index is 0. The molecule has 0 saturated carbocycles. The van der Waals surface area contributed by atoms with E-state index < -0.39 is 0 Å². The second-order valence-corrected chi connectivity index (χ2v) is 0.724. The standard InChI is InChI=1S/C3H8O.CH5N.H2/c1-2-3-4;1-2;/h4H,2-3H2,1H3;2H2,1H3;1H. The van der Waals surface area contributed by atoms with Crippen LogP contribution in [-0.4, -0.2) is 18.8 Å². The number of rotatable bonds is 1. The predicted molar refractivity (Wildman–Crippen MR) is 29.6 cm³/mol. The van der Waals surface area contributed by atoms with Crippen molar-refractivity contribution in [1.82, 2.24) is 0 Å². The predicted octanol–water partition coefficient (Wildman–Crippen LogP) is 0.210. The van der Waals surface area contributed by atoms with Crippen LogP contribution in [0.1, 0.15) is 14.8 Å². The van der Waals surface area contributed by atoms with Crippen LogP contribution in [0.4, 0.5) is 0 Å². The maximum absolute atomic E-state index is 7.88. The molecule has 0 aromatic heterocycles. The average molecular weight is 93.2 g/mol. The zero-order chi connectivity index (χ0) is 5.41. The molecule has 0 aromatic rings. The van der Waals surface area contributed by atoms with E-state index in [0.29, 0.717) is 6.61 Å². The molecule has 0 aliphatic rings. The van der Waals surface area contributed by atoms with Crippen LogP contribution in [-0.2, 0) is 0 Å². The SMILES string of the molecule is CCCO.CN.[HH]. The summed E-state index contributed by atoms with van der Waals surface area (Å²) in [4.78, 5) is 0. The van der Waals surface area contributed by atoms with Gasteiger partial charge in [-0.05, 0) is 13.5 Å². The summed E-state index contributed by atoms with van der Waals surface area (Å²) in [5.74, 6) is 0. The first kappa shape index (κ1) is 9.33. The fraction of sp³-hybridized carbons (Fsp3) is 1.00. The first-order chi connectivity index (χ1) is 2.91. The van der Waals surface area contributed by atoms with Crippen molar-refractivity contribution in [2.45, 2.75) is 13.3 Å². The highest BCUT2D eigenvalue weighted by atomic mass is 16.2. The van der Waals surface area contributed by atoms with Crippen LogP contribution in [0, 0.1) is 0 Å². The van der Waals surface area contributed by atoms with Crippen LogP contribution >= 0.6 is 0 Å². The fourth-order valence-corrected chi connectivity index (χ4v) is 0. The van der Waals surface area contributed by atoms with E-state index in [1.54, 1.807) is 0 Å². The van der Waals surface area contributed by atoms with Crippen molar-refractivity contribution in [3.8, 4) is 0 Å². The Bertz CT molecular complexity index is 13.7. The van der Waals surface area contributed by atoms with E-state index in [0.717, 1.165) is 6.42 Å². The molecule has 2 heteroatoms. The molecule has 6 heavy (non-hydrogen) atoms. The maximum Gasteiger partial charge on any atom is 0.0428 e. The van der Waals surface area contributed by atoms with Crippen LogP contribution < -0.4 is 5.73 Å². The maximum atomic E-state index is 7.88. The molecule has 0 aliphatic heterocycles. The minimum Gasteiger partial charge on any atom is -0.396 e. The van der Waals surface area contributed by atoms with Gasteiger partial charge in [-0.1, -0.05) is 6.92 Å². The topological polar surface area (TPSA) is 46.2 Å². The first-order valence-corrected chi connectivity index (χ1v) is 2.10. The molecule has 3 N–H and O–H groups in total.